The first-order valence-corrected chi connectivity index (χ1v) is 8.69. The molecule has 0 saturated heterocycles. The van der Waals surface area contributed by atoms with Gasteiger partial charge in [-0.25, -0.2) is 4.98 Å². The zero-order valence-corrected chi connectivity index (χ0v) is 14.7. The molecule has 0 aliphatic heterocycles. The zero-order valence-electron chi connectivity index (χ0n) is 13.9. The van der Waals surface area contributed by atoms with Gasteiger partial charge in [-0.3, -0.25) is 9.48 Å². The monoisotopic (exact) mass is 336 g/mol. The smallest absolute Gasteiger partial charge is 0.263 e. The molecule has 2 aromatic heterocycles. The van der Waals surface area contributed by atoms with Crippen LogP contribution in [0.1, 0.15) is 42.8 Å². The third kappa shape index (κ3) is 4.17. The minimum absolute atomic E-state index is 0.0404. The van der Waals surface area contributed by atoms with Gasteiger partial charge in [0.15, 0.2) is 0 Å². The highest BCUT2D eigenvalue weighted by atomic mass is 32.1. The van der Waals surface area contributed by atoms with Crippen LogP contribution in [0.3, 0.4) is 0 Å². The highest BCUT2D eigenvalue weighted by Crippen LogP contribution is 2.30. The average Bonchev–Trinajstić information content (AvgIpc) is 3.20. The number of carbonyl (C=O) groups excluding carboxylic acids is 1. The summed E-state index contributed by atoms with van der Waals surface area (Å²) < 4.78 is 1.71. The van der Waals surface area contributed by atoms with E-state index in [4.69, 9.17) is 0 Å². The maximum Gasteiger partial charge on any atom is 0.263 e. The second-order valence-electron chi connectivity index (χ2n) is 5.80. The Morgan fingerprint density at radius 3 is 2.70 bits per heavy atom. The number of hydrogen-bond acceptors (Lipinski definition) is 5. The summed E-state index contributed by atoms with van der Waals surface area (Å²) in [6, 6.07) is 0. The van der Waals surface area contributed by atoms with E-state index in [2.05, 4.69) is 29.2 Å². The minimum atomic E-state index is -0.109. The molecule has 0 aliphatic rings. The van der Waals surface area contributed by atoms with Gasteiger partial charge in [0.05, 0.1) is 12.4 Å². The molecule has 0 radical (unpaired) electrons. The summed E-state index contributed by atoms with van der Waals surface area (Å²) in [6.07, 6.45) is 7.77. The third-order valence-electron chi connectivity index (χ3n) is 4.45. The normalized spacial score (nSPS) is 11.7. The number of amides is 1. The highest BCUT2D eigenvalue weighted by Gasteiger charge is 2.26. The van der Waals surface area contributed by atoms with Gasteiger partial charge in [-0.05, 0) is 24.7 Å². The second kappa shape index (κ2) is 7.70. The number of rotatable bonds is 8. The van der Waals surface area contributed by atoms with Crippen LogP contribution in [-0.4, -0.2) is 38.9 Å². The number of aryl methyl sites for hydroxylation is 1. The molecule has 0 atom stereocenters. The number of nitrogens with one attached hydrogen (secondary N) is 1. The van der Waals surface area contributed by atoms with E-state index in [1.165, 1.54) is 11.3 Å². The van der Waals surface area contributed by atoms with Crippen LogP contribution in [0.25, 0.3) is 10.6 Å². The number of aromatic nitrogens is 3. The van der Waals surface area contributed by atoms with Gasteiger partial charge in [0, 0.05) is 32.0 Å². The molecule has 6 nitrogen and oxygen atoms in total. The molecule has 2 heterocycles. The first kappa shape index (κ1) is 17.6. The molecule has 0 saturated carbocycles. The second-order valence-corrected chi connectivity index (χ2v) is 6.83. The van der Waals surface area contributed by atoms with Gasteiger partial charge < -0.3 is 10.4 Å². The molecule has 2 aromatic rings. The molecule has 126 valence electrons. The fourth-order valence-corrected chi connectivity index (χ4v) is 3.39. The van der Waals surface area contributed by atoms with E-state index >= 15 is 0 Å². The lowest BCUT2D eigenvalue weighted by Crippen LogP contribution is -2.37. The van der Waals surface area contributed by atoms with Gasteiger partial charge in [0.2, 0.25) is 0 Å². The number of hydrogen-bond donors (Lipinski definition) is 2. The van der Waals surface area contributed by atoms with E-state index in [9.17, 15) is 9.90 Å². The van der Waals surface area contributed by atoms with Gasteiger partial charge >= 0.3 is 0 Å². The van der Waals surface area contributed by atoms with Crippen molar-refractivity contribution in [1.82, 2.24) is 20.1 Å². The summed E-state index contributed by atoms with van der Waals surface area (Å²) in [4.78, 5) is 17.3. The molecule has 2 rings (SSSR count). The van der Waals surface area contributed by atoms with Crippen LogP contribution in [0.4, 0.5) is 0 Å². The predicted octanol–water partition coefficient (Wildman–Crippen LogP) is 2.46. The standard InChI is InChI=1S/C16H24N4O2S/c1-4-16(5-2,6-7-21)11-18-14(22)13-9-17-15(23-13)12-8-19-20(3)10-12/h8-10,21H,4-7,11H2,1-3H3,(H,18,22). The fourth-order valence-electron chi connectivity index (χ4n) is 2.58. The molecule has 0 aromatic carbocycles. The predicted molar refractivity (Wildman–Crippen MR) is 91.4 cm³/mol. The van der Waals surface area contributed by atoms with Crippen LogP contribution >= 0.6 is 11.3 Å². The first-order valence-electron chi connectivity index (χ1n) is 7.87. The van der Waals surface area contributed by atoms with Gasteiger partial charge in [-0.1, -0.05) is 13.8 Å². The van der Waals surface area contributed by atoms with E-state index < -0.39 is 0 Å². The molecule has 0 fully saturated rings. The zero-order chi connectivity index (χ0) is 16.9. The SMILES string of the molecule is CCC(CC)(CCO)CNC(=O)c1cnc(-c2cnn(C)c2)s1. The van der Waals surface area contributed by atoms with Crippen molar-refractivity contribution in [2.45, 2.75) is 33.1 Å². The lowest BCUT2D eigenvalue weighted by atomic mass is 9.79. The highest BCUT2D eigenvalue weighted by molar-refractivity contribution is 7.16. The van der Waals surface area contributed by atoms with Gasteiger partial charge in [-0.15, -0.1) is 11.3 Å². The maximum absolute atomic E-state index is 12.4. The molecule has 7 heteroatoms. The Morgan fingerprint density at radius 1 is 1.39 bits per heavy atom. The minimum Gasteiger partial charge on any atom is -0.396 e. The Balaban J connectivity index is 2.02. The summed E-state index contributed by atoms with van der Waals surface area (Å²) in [5, 5.41) is 17.2. The van der Waals surface area contributed by atoms with Crippen molar-refractivity contribution in [2.24, 2.45) is 12.5 Å². The number of thiazole rings is 1. The largest absolute Gasteiger partial charge is 0.396 e. The molecule has 0 bridgehead atoms. The van der Waals surface area contributed by atoms with Crippen LogP contribution in [0.2, 0.25) is 0 Å². The quantitative estimate of drug-likeness (QED) is 0.776. The Labute approximate surface area is 140 Å². The molecule has 2 N–H and O–H groups in total. The Morgan fingerprint density at radius 2 is 2.13 bits per heavy atom. The van der Waals surface area contributed by atoms with Crippen LogP contribution in [0.5, 0.6) is 0 Å². The van der Waals surface area contributed by atoms with Gasteiger partial charge in [0.25, 0.3) is 5.91 Å². The van der Waals surface area contributed by atoms with Crippen molar-refractivity contribution in [3.63, 3.8) is 0 Å². The summed E-state index contributed by atoms with van der Waals surface area (Å²) in [7, 11) is 1.85. The topological polar surface area (TPSA) is 80.0 Å². The van der Waals surface area contributed by atoms with Crippen molar-refractivity contribution in [3.05, 3.63) is 23.5 Å². The Kier molecular flexibility index (Phi) is 5.90. The van der Waals surface area contributed by atoms with Crippen LogP contribution in [0, 0.1) is 5.41 Å². The summed E-state index contributed by atoms with van der Waals surface area (Å²) in [5.74, 6) is -0.109. The summed E-state index contributed by atoms with van der Waals surface area (Å²) in [6.45, 7) is 4.90. The first-order chi connectivity index (χ1) is 11.0. The number of aliphatic hydroxyl groups excluding tert-OH is 1. The summed E-state index contributed by atoms with van der Waals surface area (Å²) in [5.41, 5.74) is 0.870. The van der Waals surface area contributed by atoms with E-state index in [-0.39, 0.29) is 17.9 Å². The average molecular weight is 336 g/mol. The molecule has 0 spiro atoms. The van der Waals surface area contributed by atoms with Crippen molar-refractivity contribution in [2.75, 3.05) is 13.2 Å². The Hall–Kier alpha value is -1.73. The van der Waals surface area contributed by atoms with Crippen LogP contribution < -0.4 is 5.32 Å². The van der Waals surface area contributed by atoms with Crippen LogP contribution in [0.15, 0.2) is 18.6 Å². The number of nitrogens with zero attached hydrogens (tertiary/aromatic N) is 3. The number of aliphatic hydroxyl groups is 1. The fraction of sp³-hybridized carbons (Fsp3) is 0.562. The molecule has 1 amide bonds. The number of carbonyl (C=O) groups is 1. The van der Waals surface area contributed by atoms with Gasteiger partial charge in [0.1, 0.15) is 9.88 Å². The lowest BCUT2D eigenvalue weighted by molar-refractivity contribution is 0.0911. The molecule has 23 heavy (non-hydrogen) atoms. The van der Waals surface area contributed by atoms with Gasteiger partial charge in [-0.2, -0.15) is 5.10 Å². The van der Waals surface area contributed by atoms with E-state index in [1.54, 1.807) is 17.1 Å². The summed E-state index contributed by atoms with van der Waals surface area (Å²) >= 11 is 1.36. The maximum atomic E-state index is 12.4. The third-order valence-corrected chi connectivity index (χ3v) is 5.49. The van der Waals surface area contributed by atoms with Crippen molar-refractivity contribution < 1.29 is 9.90 Å². The van der Waals surface area contributed by atoms with Crippen molar-refractivity contribution in [1.29, 1.82) is 0 Å². The van der Waals surface area contributed by atoms with E-state index in [1.807, 2.05) is 13.2 Å². The molecular weight excluding hydrogens is 312 g/mol. The molecule has 0 aliphatic carbocycles. The van der Waals surface area contributed by atoms with E-state index in [0.29, 0.717) is 17.8 Å². The molecular formula is C16H24N4O2S. The lowest BCUT2D eigenvalue weighted by Gasteiger charge is -2.31. The van der Waals surface area contributed by atoms with Crippen molar-refractivity contribution in [3.8, 4) is 10.6 Å². The molecule has 0 unspecified atom stereocenters. The Bertz CT molecular complexity index is 646. The van der Waals surface area contributed by atoms with E-state index in [0.717, 1.165) is 23.4 Å². The van der Waals surface area contributed by atoms with Crippen LogP contribution in [-0.2, 0) is 7.05 Å². The van der Waals surface area contributed by atoms with Crippen molar-refractivity contribution >= 4 is 17.2 Å².